The molecule has 2 fully saturated rings. The van der Waals surface area contributed by atoms with Crippen molar-refractivity contribution in [1.82, 2.24) is 57.7 Å². The third kappa shape index (κ3) is 26.9. The van der Waals surface area contributed by atoms with Crippen molar-refractivity contribution in [1.29, 1.82) is 0 Å². The number of carbonyl (C=O) groups is 14. The van der Waals surface area contributed by atoms with Crippen LogP contribution in [0.4, 0.5) is 0 Å². The summed E-state index contributed by atoms with van der Waals surface area (Å²) in [7, 11) is 0. The number of hydrogen-bond donors (Lipinski definition) is 15. The van der Waals surface area contributed by atoms with Crippen LogP contribution in [0.3, 0.4) is 0 Å². The quantitative estimate of drug-likeness (QED) is 0.0353. The molecule has 2 aliphatic heterocycles. The van der Waals surface area contributed by atoms with E-state index in [0.717, 1.165) is 11.8 Å². The number of nitrogens with one attached hydrogen (secondary N) is 9. The second kappa shape index (κ2) is 39.4. The number of aliphatic hydroxyl groups is 1. The van der Waals surface area contributed by atoms with Crippen molar-refractivity contribution in [2.45, 2.75) is 187 Å². The van der Waals surface area contributed by atoms with Crippen molar-refractivity contribution in [2.24, 2.45) is 35.1 Å². The molecule has 2 saturated heterocycles. The highest BCUT2D eigenvalue weighted by molar-refractivity contribution is 6.00. The summed E-state index contributed by atoms with van der Waals surface area (Å²) in [6.45, 7) is 12.9. The van der Waals surface area contributed by atoms with E-state index in [1.165, 1.54) is 17.0 Å². The fraction of sp³-hybridized carbons (Fsp3) is 0.594. The summed E-state index contributed by atoms with van der Waals surface area (Å²) in [5.74, 6) is -13.0. The Morgan fingerprint density at radius 1 is 0.558 bits per heavy atom. The van der Waals surface area contributed by atoms with Gasteiger partial charge in [0.2, 0.25) is 70.9 Å². The molecule has 0 radical (unpaired) electrons. The molecule has 31 nitrogen and oxygen atoms in total. The smallest absolute Gasteiger partial charge is 0.326 e. The topological polar surface area (TPSA) is 487 Å². The van der Waals surface area contributed by atoms with Crippen LogP contribution in [0.15, 0.2) is 54.6 Å². The van der Waals surface area contributed by atoms with Crippen molar-refractivity contribution in [3.05, 3.63) is 65.7 Å². The van der Waals surface area contributed by atoms with E-state index < -0.39 is 175 Å². The fourth-order valence-electron chi connectivity index (χ4n) is 10.5. The molecule has 31 heteroatoms. The molecule has 0 bridgehead atoms. The number of carboxylic acid groups (broad SMARTS) is 2. The van der Waals surface area contributed by atoms with Gasteiger partial charge in [-0.15, -0.1) is 0 Å². The third-order valence-corrected chi connectivity index (χ3v) is 15.8. The molecule has 0 saturated carbocycles. The van der Waals surface area contributed by atoms with Gasteiger partial charge in [0.1, 0.15) is 60.1 Å². The molecule has 17 N–H and O–H groups in total. The van der Waals surface area contributed by atoms with E-state index in [4.69, 9.17) is 21.4 Å². The Morgan fingerprint density at radius 2 is 1.03 bits per heavy atom. The number of aromatic hydroxyl groups is 1. The first-order valence-electron chi connectivity index (χ1n) is 31.8. The number of nitrogens with two attached hydrogens (primary N) is 2. The minimum absolute atomic E-state index is 0.00691. The Labute approximate surface area is 552 Å². The Bertz CT molecular complexity index is 2980. The Hall–Kier alpha value is -9.26. The molecule has 12 amide bonds. The lowest BCUT2D eigenvalue weighted by molar-refractivity contribution is -0.144. The number of primary amides is 1. The minimum atomic E-state index is -1.68. The number of benzene rings is 2. The Balaban J connectivity index is 0.00000571. The van der Waals surface area contributed by atoms with Gasteiger partial charge in [-0.1, -0.05) is 104 Å². The SMILES string of the molecule is CC(=O)O.CCC(C)C(N)C(=O)NC(Cc1ccc(O)cc1)C(=O)NC(CC(C)C)C(=O)NCC(=O)NCC(=O)N1CCCC1C(=O)NC(Cc1ccccc1)C(=O)NC(CO)C(=O)N1CCCC1C(=O)NC(CC(N)=O)C(=O)NC(C(=O)NC(CC(C)C)C(=O)O)C(C)C. The molecule has 11 unspecified atom stereocenters. The fourth-order valence-corrected chi connectivity index (χ4v) is 10.5. The summed E-state index contributed by atoms with van der Waals surface area (Å²) in [5.41, 5.74) is 12.8. The molecule has 526 valence electrons. The van der Waals surface area contributed by atoms with Crippen LogP contribution >= 0.6 is 0 Å². The summed E-state index contributed by atoms with van der Waals surface area (Å²) in [5, 5.41) is 60.4. The second-order valence-electron chi connectivity index (χ2n) is 25.0. The van der Waals surface area contributed by atoms with E-state index in [9.17, 15) is 77.6 Å². The van der Waals surface area contributed by atoms with Crippen LogP contribution in [0.25, 0.3) is 0 Å². The maximum absolute atomic E-state index is 14.3. The number of amides is 12. The van der Waals surface area contributed by atoms with Crippen LogP contribution in [0.5, 0.6) is 5.75 Å². The van der Waals surface area contributed by atoms with Crippen molar-refractivity contribution in [2.75, 3.05) is 32.8 Å². The van der Waals surface area contributed by atoms with Gasteiger partial charge in [-0.2, -0.15) is 0 Å². The van der Waals surface area contributed by atoms with Crippen molar-refractivity contribution in [3.63, 3.8) is 0 Å². The summed E-state index contributed by atoms with van der Waals surface area (Å²) in [6.07, 6.45) is 0.771. The van der Waals surface area contributed by atoms with Gasteiger partial charge in [-0.05, 0) is 85.5 Å². The highest BCUT2D eigenvalue weighted by Crippen LogP contribution is 2.22. The van der Waals surface area contributed by atoms with Gasteiger partial charge in [-0.3, -0.25) is 62.3 Å². The van der Waals surface area contributed by atoms with E-state index >= 15 is 0 Å². The molecule has 2 heterocycles. The summed E-state index contributed by atoms with van der Waals surface area (Å²) in [4.78, 5) is 187. The number of aliphatic hydroxyl groups excluding tert-OH is 1. The van der Waals surface area contributed by atoms with E-state index in [2.05, 4.69) is 47.9 Å². The minimum Gasteiger partial charge on any atom is -0.508 e. The number of nitrogens with zero attached hydrogens (tertiary/aromatic N) is 2. The lowest BCUT2D eigenvalue weighted by Gasteiger charge is -2.31. The monoisotopic (exact) mass is 1340 g/mol. The third-order valence-electron chi connectivity index (χ3n) is 15.8. The summed E-state index contributed by atoms with van der Waals surface area (Å²) in [6, 6.07) is 1.46. The van der Waals surface area contributed by atoms with Gasteiger partial charge in [0.25, 0.3) is 5.97 Å². The summed E-state index contributed by atoms with van der Waals surface area (Å²) < 4.78 is 0. The van der Waals surface area contributed by atoms with Gasteiger partial charge in [0.05, 0.1) is 32.2 Å². The highest BCUT2D eigenvalue weighted by Gasteiger charge is 2.42. The first-order chi connectivity index (χ1) is 44.7. The van der Waals surface area contributed by atoms with Gasteiger partial charge in [0.15, 0.2) is 0 Å². The maximum Gasteiger partial charge on any atom is 0.326 e. The normalized spacial score (nSPS) is 17.1. The number of carbonyl (C=O) groups excluding carboxylic acids is 12. The number of likely N-dealkylation sites (tertiary alicyclic amines) is 2. The van der Waals surface area contributed by atoms with E-state index in [1.807, 2.05) is 20.8 Å². The standard InChI is InChI=1S/C62H93N13O16.C2H4O2/c1-9-36(8)51(64)59(87)70-42(28-38-19-21-39(77)22-20-38)54(82)67-40(25-33(2)3)53(81)66-30-49(79)65-31-50(80)74-23-13-17-46(74)57(85)68-41(27-37-15-11-10-12-16-37)55(83)72-45(32-76)61(89)75-24-14-18-47(75)58(86)69-43(29-48(63)78)56(84)73-52(35(6)7)60(88)71-44(62(90)91)26-34(4)5;1-2(3)4/h10-12,15-16,19-22,33-36,40-47,51-52,76-77H,9,13-14,17-18,23-32,64H2,1-8H3,(H2,63,78)(H,65,79)(H,66,81)(H,67,82)(H,68,85)(H,69,86)(H,70,87)(H,71,88)(H,72,83)(H,73,84)(H,90,91);1H3,(H,3,4). The zero-order valence-electron chi connectivity index (χ0n) is 55.4. The van der Waals surface area contributed by atoms with Crippen molar-refractivity contribution >= 4 is 82.8 Å². The average molecular weight is 1340 g/mol. The first kappa shape index (κ1) is 80.0. The number of rotatable bonds is 35. The molecule has 0 aliphatic carbocycles. The molecule has 2 aromatic rings. The van der Waals surface area contributed by atoms with Gasteiger partial charge >= 0.3 is 5.97 Å². The van der Waals surface area contributed by atoms with E-state index in [-0.39, 0.29) is 81.5 Å². The lowest BCUT2D eigenvalue weighted by Crippen LogP contribution is -2.61. The average Bonchev–Trinajstić information content (AvgIpc) is 1.77. The van der Waals surface area contributed by atoms with Gasteiger partial charge in [-0.25, -0.2) is 4.79 Å². The number of phenols is 1. The van der Waals surface area contributed by atoms with Crippen LogP contribution in [-0.4, -0.2) is 206 Å². The Kier molecular flexibility index (Phi) is 33.2. The number of aliphatic carboxylic acids is 2. The predicted molar refractivity (Wildman–Crippen MR) is 344 cm³/mol. The number of carboxylic acids is 2. The van der Waals surface area contributed by atoms with Crippen LogP contribution in [0.1, 0.15) is 125 Å². The van der Waals surface area contributed by atoms with E-state index in [1.54, 1.807) is 77.1 Å². The summed E-state index contributed by atoms with van der Waals surface area (Å²) >= 11 is 0. The van der Waals surface area contributed by atoms with Crippen LogP contribution in [-0.2, 0) is 80.0 Å². The first-order valence-corrected chi connectivity index (χ1v) is 31.8. The molecule has 0 spiro atoms. The van der Waals surface area contributed by atoms with Crippen LogP contribution < -0.4 is 59.3 Å². The molecule has 95 heavy (non-hydrogen) atoms. The highest BCUT2D eigenvalue weighted by atomic mass is 16.4. The molecule has 4 rings (SSSR count). The van der Waals surface area contributed by atoms with Gasteiger partial charge < -0.3 is 89.5 Å². The Morgan fingerprint density at radius 3 is 1.55 bits per heavy atom. The zero-order chi connectivity index (χ0) is 71.4. The molecule has 11 atom stereocenters. The van der Waals surface area contributed by atoms with Crippen LogP contribution in [0.2, 0.25) is 0 Å². The zero-order valence-corrected chi connectivity index (χ0v) is 55.4. The lowest BCUT2D eigenvalue weighted by atomic mass is 9.97. The van der Waals surface area contributed by atoms with Gasteiger partial charge in [0, 0.05) is 32.9 Å². The predicted octanol–water partition coefficient (Wildman–Crippen LogP) is -2.05. The number of hydrogen-bond acceptors (Lipinski definition) is 17. The molecule has 0 aromatic heterocycles. The second-order valence-corrected chi connectivity index (χ2v) is 25.0. The maximum atomic E-state index is 14.3. The molecular formula is C64H97N13O18. The van der Waals surface area contributed by atoms with Crippen LogP contribution in [0, 0.1) is 23.7 Å². The van der Waals surface area contributed by atoms with Crippen molar-refractivity contribution < 1.29 is 87.5 Å². The van der Waals surface area contributed by atoms with E-state index in [0.29, 0.717) is 24.0 Å². The largest absolute Gasteiger partial charge is 0.508 e. The molecule has 2 aromatic carbocycles. The molecule has 2 aliphatic rings. The van der Waals surface area contributed by atoms with Crippen molar-refractivity contribution in [3.8, 4) is 5.75 Å². The number of phenolic OH excluding ortho intramolecular Hbond substituents is 1. The molecular weight excluding hydrogens is 1240 g/mol.